The lowest BCUT2D eigenvalue weighted by Crippen LogP contribution is -2.45. The molecule has 0 radical (unpaired) electrons. The minimum atomic E-state index is -3.61. The first-order valence-corrected chi connectivity index (χ1v) is 16.3. The molecule has 2 aliphatic carbocycles. The standard InChI is InChI=1S/C30H38ClN5O3S/c1-18(2)21-9-13-35(20(4)15-21)40(38,39)23-7-8-25(19(3)14-23)33-29-32-17-22-16-24(31)28(37)36(27(22)34-29)26-6-5-10-30(26)11-12-30/h7-8,14,16-18,20-21,26H,5-6,9-13,15H2,1-4H3,(H,32,33,34). The van der Waals surface area contributed by atoms with E-state index in [2.05, 4.69) is 24.1 Å². The first kappa shape index (κ1) is 27.7. The van der Waals surface area contributed by atoms with E-state index in [1.54, 1.807) is 39.3 Å². The largest absolute Gasteiger partial charge is 0.324 e. The molecule has 3 heterocycles. The quantitative estimate of drug-likeness (QED) is 0.358. The third kappa shape index (κ3) is 4.73. The Balaban J connectivity index is 1.28. The summed E-state index contributed by atoms with van der Waals surface area (Å²) in [7, 11) is -3.61. The second-order valence-electron chi connectivity index (χ2n) is 12.5. The van der Waals surface area contributed by atoms with Crippen LogP contribution in [-0.4, -0.2) is 39.8 Å². The molecule has 6 rings (SSSR count). The van der Waals surface area contributed by atoms with Crippen molar-refractivity contribution < 1.29 is 8.42 Å². The van der Waals surface area contributed by atoms with Crippen molar-refractivity contribution in [3.05, 3.63) is 51.4 Å². The van der Waals surface area contributed by atoms with Crippen molar-refractivity contribution in [1.29, 1.82) is 0 Å². The van der Waals surface area contributed by atoms with Gasteiger partial charge in [0.2, 0.25) is 16.0 Å². The molecule has 1 aliphatic heterocycles. The van der Waals surface area contributed by atoms with Crippen LogP contribution in [0.2, 0.25) is 5.02 Å². The van der Waals surface area contributed by atoms with Crippen LogP contribution >= 0.6 is 11.6 Å². The van der Waals surface area contributed by atoms with Crippen LogP contribution in [-0.2, 0) is 10.0 Å². The van der Waals surface area contributed by atoms with E-state index < -0.39 is 10.0 Å². The summed E-state index contributed by atoms with van der Waals surface area (Å²) < 4.78 is 30.6. The number of nitrogens with one attached hydrogen (secondary N) is 1. The van der Waals surface area contributed by atoms with Crippen LogP contribution in [0.5, 0.6) is 0 Å². The van der Waals surface area contributed by atoms with E-state index in [0.29, 0.717) is 40.6 Å². The smallest absolute Gasteiger partial charge is 0.271 e. The van der Waals surface area contributed by atoms with E-state index in [9.17, 15) is 13.2 Å². The number of hydrogen-bond acceptors (Lipinski definition) is 6. The zero-order valence-corrected chi connectivity index (χ0v) is 25.2. The normalized spacial score (nSPS) is 24.7. The van der Waals surface area contributed by atoms with Crippen LogP contribution in [0.4, 0.5) is 11.6 Å². The number of hydrogen-bond donors (Lipinski definition) is 1. The molecule has 1 N–H and O–H groups in total. The van der Waals surface area contributed by atoms with Gasteiger partial charge in [-0.25, -0.2) is 13.4 Å². The van der Waals surface area contributed by atoms with Gasteiger partial charge in [0, 0.05) is 35.9 Å². The summed E-state index contributed by atoms with van der Waals surface area (Å²) in [5, 5.41) is 4.18. The Labute approximate surface area is 241 Å². The fraction of sp³-hybridized carbons (Fsp3) is 0.567. The molecule has 214 valence electrons. The SMILES string of the molecule is Cc1cc(S(=O)(=O)N2CCC(C(C)C)CC2C)ccc1Nc1ncc2cc(Cl)c(=O)n(C3CCCC34CC4)c2n1. The third-order valence-corrected chi connectivity index (χ3v) is 11.9. The predicted molar refractivity (Wildman–Crippen MR) is 159 cm³/mol. The minimum absolute atomic E-state index is 0.0315. The number of sulfonamides is 1. The lowest BCUT2D eigenvalue weighted by atomic mass is 9.84. The molecule has 1 spiro atoms. The van der Waals surface area contributed by atoms with Gasteiger partial charge in [-0.1, -0.05) is 31.9 Å². The van der Waals surface area contributed by atoms with Gasteiger partial charge < -0.3 is 5.32 Å². The second kappa shape index (κ2) is 10.1. The van der Waals surface area contributed by atoms with E-state index in [1.165, 1.54) is 0 Å². The lowest BCUT2D eigenvalue weighted by molar-refractivity contribution is 0.175. The van der Waals surface area contributed by atoms with Gasteiger partial charge in [-0.15, -0.1) is 0 Å². The fourth-order valence-corrected chi connectivity index (χ4v) is 9.00. The number of piperidine rings is 1. The average Bonchev–Trinajstić information content (AvgIpc) is 3.58. The van der Waals surface area contributed by atoms with Crippen molar-refractivity contribution in [3.8, 4) is 0 Å². The van der Waals surface area contributed by atoms with Gasteiger partial charge >= 0.3 is 0 Å². The zero-order valence-electron chi connectivity index (χ0n) is 23.7. The molecule has 2 aromatic heterocycles. The van der Waals surface area contributed by atoms with Crippen LogP contribution in [0.15, 0.2) is 40.2 Å². The number of aromatic nitrogens is 3. The Morgan fingerprint density at radius 2 is 1.93 bits per heavy atom. The van der Waals surface area contributed by atoms with E-state index in [1.807, 2.05) is 13.8 Å². The van der Waals surface area contributed by atoms with E-state index >= 15 is 0 Å². The van der Waals surface area contributed by atoms with Crippen molar-refractivity contribution in [2.75, 3.05) is 11.9 Å². The molecule has 0 amide bonds. The van der Waals surface area contributed by atoms with E-state index in [4.69, 9.17) is 16.6 Å². The Morgan fingerprint density at radius 3 is 2.60 bits per heavy atom. The molecule has 40 heavy (non-hydrogen) atoms. The fourth-order valence-electron chi connectivity index (χ4n) is 7.05. The van der Waals surface area contributed by atoms with Gasteiger partial charge in [-0.2, -0.15) is 9.29 Å². The summed E-state index contributed by atoms with van der Waals surface area (Å²) >= 11 is 6.36. The Bertz CT molecular complexity index is 1630. The summed E-state index contributed by atoms with van der Waals surface area (Å²) in [6.45, 7) is 8.85. The highest BCUT2D eigenvalue weighted by molar-refractivity contribution is 7.89. The van der Waals surface area contributed by atoms with Crippen LogP contribution in [0, 0.1) is 24.2 Å². The molecule has 10 heteroatoms. The summed E-state index contributed by atoms with van der Waals surface area (Å²) in [5.74, 6) is 1.46. The molecule has 3 atom stereocenters. The molecular formula is C30H38ClN5O3S. The molecule has 2 saturated carbocycles. The van der Waals surface area contributed by atoms with Crippen molar-refractivity contribution in [1.82, 2.24) is 18.8 Å². The average molecular weight is 584 g/mol. The number of aryl methyl sites for hydroxylation is 1. The molecule has 0 bridgehead atoms. The van der Waals surface area contributed by atoms with Gasteiger partial charge in [-0.3, -0.25) is 9.36 Å². The second-order valence-corrected chi connectivity index (χ2v) is 14.8. The highest BCUT2D eigenvalue weighted by Gasteiger charge is 2.53. The van der Waals surface area contributed by atoms with E-state index in [-0.39, 0.29) is 28.1 Å². The van der Waals surface area contributed by atoms with Crippen molar-refractivity contribution in [3.63, 3.8) is 0 Å². The summed E-state index contributed by atoms with van der Waals surface area (Å²) in [5.41, 5.74) is 2.07. The zero-order chi connectivity index (χ0) is 28.4. The van der Waals surface area contributed by atoms with Crippen LogP contribution < -0.4 is 10.9 Å². The highest BCUT2D eigenvalue weighted by Crippen LogP contribution is 2.63. The number of pyridine rings is 1. The van der Waals surface area contributed by atoms with Gasteiger partial charge in [0.05, 0.1) is 4.90 Å². The predicted octanol–water partition coefficient (Wildman–Crippen LogP) is 6.45. The molecule has 8 nitrogen and oxygen atoms in total. The highest BCUT2D eigenvalue weighted by atomic mass is 35.5. The summed E-state index contributed by atoms with van der Waals surface area (Å²) in [6, 6.07) is 6.85. The number of nitrogens with zero attached hydrogens (tertiary/aromatic N) is 4. The number of rotatable bonds is 6. The topological polar surface area (TPSA) is 97.2 Å². The monoisotopic (exact) mass is 583 g/mol. The number of fused-ring (bicyclic) bond motifs is 1. The molecule has 1 aromatic carbocycles. The van der Waals surface area contributed by atoms with Gasteiger partial charge in [0.25, 0.3) is 5.56 Å². The molecule has 1 saturated heterocycles. The Morgan fingerprint density at radius 1 is 1.15 bits per heavy atom. The maximum Gasteiger partial charge on any atom is 0.271 e. The summed E-state index contributed by atoms with van der Waals surface area (Å²) in [4.78, 5) is 22.8. The number of halogens is 1. The van der Waals surface area contributed by atoms with Crippen molar-refractivity contribution >= 4 is 44.3 Å². The molecule has 3 aliphatic rings. The first-order chi connectivity index (χ1) is 19.0. The molecule has 3 aromatic rings. The molecule has 3 unspecified atom stereocenters. The van der Waals surface area contributed by atoms with Crippen LogP contribution in [0.3, 0.4) is 0 Å². The maximum atomic E-state index is 13.6. The maximum absolute atomic E-state index is 13.6. The lowest BCUT2D eigenvalue weighted by Gasteiger charge is -2.38. The van der Waals surface area contributed by atoms with Gasteiger partial charge in [0.1, 0.15) is 10.7 Å². The number of anilines is 2. The third-order valence-electron chi connectivity index (χ3n) is 9.64. The first-order valence-electron chi connectivity index (χ1n) is 14.5. The van der Waals surface area contributed by atoms with Gasteiger partial charge in [-0.05, 0) is 99.5 Å². The molecular weight excluding hydrogens is 546 g/mol. The van der Waals surface area contributed by atoms with Crippen LogP contribution in [0.25, 0.3) is 11.0 Å². The van der Waals surface area contributed by atoms with Crippen LogP contribution in [0.1, 0.15) is 77.3 Å². The van der Waals surface area contributed by atoms with Crippen molar-refractivity contribution in [2.45, 2.75) is 89.6 Å². The summed E-state index contributed by atoms with van der Waals surface area (Å²) in [6.07, 6.45) is 8.92. The Hall–Kier alpha value is -2.49. The van der Waals surface area contributed by atoms with E-state index in [0.717, 1.165) is 55.9 Å². The minimum Gasteiger partial charge on any atom is -0.324 e. The number of benzene rings is 1. The van der Waals surface area contributed by atoms with Crippen molar-refractivity contribution in [2.24, 2.45) is 17.3 Å². The Kier molecular flexibility index (Phi) is 6.99. The molecule has 3 fully saturated rings. The van der Waals surface area contributed by atoms with Gasteiger partial charge in [0.15, 0.2) is 0 Å².